The molecule has 1 heterocycles. The highest BCUT2D eigenvalue weighted by molar-refractivity contribution is 5.76. The topological polar surface area (TPSA) is 38.3 Å². The number of rotatable bonds is 1. The van der Waals surface area contributed by atoms with E-state index in [4.69, 9.17) is 4.74 Å². The summed E-state index contributed by atoms with van der Waals surface area (Å²) >= 11 is 0. The molecule has 1 unspecified atom stereocenters. The first-order chi connectivity index (χ1) is 6.26. The number of ether oxygens (including phenoxy) is 1. The van der Waals surface area contributed by atoms with Gasteiger partial charge >= 0.3 is 5.97 Å². The monoisotopic (exact) mass is 183 g/mol. The SMILES string of the molecule is COC(=O)C1CCC2(CCCC2)N1. The summed E-state index contributed by atoms with van der Waals surface area (Å²) in [5.74, 6) is -0.0937. The van der Waals surface area contributed by atoms with Crippen LogP contribution in [0.25, 0.3) is 0 Å². The van der Waals surface area contributed by atoms with Crippen LogP contribution >= 0.6 is 0 Å². The molecular formula is C10H17NO2. The maximum absolute atomic E-state index is 11.3. The van der Waals surface area contributed by atoms with E-state index < -0.39 is 0 Å². The van der Waals surface area contributed by atoms with E-state index in [-0.39, 0.29) is 12.0 Å². The molecule has 0 radical (unpaired) electrons. The molecule has 1 aliphatic heterocycles. The molecule has 3 heteroatoms. The Kier molecular flexibility index (Phi) is 2.28. The lowest BCUT2D eigenvalue weighted by Crippen LogP contribution is -2.44. The third-order valence-electron chi connectivity index (χ3n) is 3.44. The minimum Gasteiger partial charge on any atom is -0.468 e. The van der Waals surface area contributed by atoms with Crippen LogP contribution in [-0.4, -0.2) is 24.7 Å². The zero-order valence-corrected chi connectivity index (χ0v) is 8.14. The quantitative estimate of drug-likeness (QED) is 0.621. The van der Waals surface area contributed by atoms with Gasteiger partial charge in [-0.05, 0) is 25.7 Å². The van der Waals surface area contributed by atoms with E-state index in [0.29, 0.717) is 5.54 Å². The van der Waals surface area contributed by atoms with Crippen molar-refractivity contribution in [3.8, 4) is 0 Å². The standard InChI is InChI=1S/C10H17NO2/c1-13-9(12)8-4-7-10(11-8)5-2-3-6-10/h8,11H,2-7H2,1H3. The Morgan fingerprint density at radius 2 is 2.08 bits per heavy atom. The van der Waals surface area contributed by atoms with Gasteiger partial charge in [0.25, 0.3) is 0 Å². The molecule has 2 fully saturated rings. The predicted octanol–water partition coefficient (Wildman–Crippen LogP) is 1.22. The summed E-state index contributed by atoms with van der Waals surface area (Å²) < 4.78 is 4.74. The molecular weight excluding hydrogens is 166 g/mol. The third-order valence-corrected chi connectivity index (χ3v) is 3.44. The third kappa shape index (κ3) is 1.57. The van der Waals surface area contributed by atoms with Crippen molar-refractivity contribution in [2.24, 2.45) is 0 Å². The number of hydrogen-bond acceptors (Lipinski definition) is 3. The average molecular weight is 183 g/mol. The minimum atomic E-state index is -0.0937. The fraction of sp³-hybridized carbons (Fsp3) is 0.900. The summed E-state index contributed by atoms with van der Waals surface area (Å²) in [7, 11) is 1.46. The smallest absolute Gasteiger partial charge is 0.322 e. The minimum absolute atomic E-state index is 0.0388. The number of methoxy groups -OCH3 is 1. The van der Waals surface area contributed by atoms with E-state index in [1.807, 2.05) is 0 Å². The normalized spacial score (nSPS) is 31.0. The van der Waals surface area contributed by atoms with Gasteiger partial charge in [0.2, 0.25) is 0 Å². The lowest BCUT2D eigenvalue weighted by molar-refractivity contribution is -0.142. The molecule has 1 N–H and O–H groups in total. The van der Waals surface area contributed by atoms with Crippen molar-refractivity contribution in [1.29, 1.82) is 0 Å². The average Bonchev–Trinajstić information content (AvgIpc) is 2.76. The van der Waals surface area contributed by atoms with Crippen molar-refractivity contribution in [2.75, 3.05) is 7.11 Å². The van der Waals surface area contributed by atoms with E-state index in [2.05, 4.69) is 5.32 Å². The van der Waals surface area contributed by atoms with E-state index in [1.165, 1.54) is 32.8 Å². The van der Waals surface area contributed by atoms with Crippen molar-refractivity contribution >= 4 is 5.97 Å². The van der Waals surface area contributed by atoms with Gasteiger partial charge in [0.05, 0.1) is 7.11 Å². The second kappa shape index (κ2) is 3.29. The predicted molar refractivity (Wildman–Crippen MR) is 49.4 cm³/mol. The molecule has 1 atom stereocenters. The molecule has 74 valence electrons. The first kappa shape index (κ1) is 9.00. The lowest BCUT2D eigenvalue weighted by Gasteiger charge is -2.23. The largest absolute Gasteiger partial charge is 0.468 e. The summed E-state index contributed by atoms with van der Waals surface area (Å²) in [6.45, 7) is 0. The van der Waals surface area contributed by atoms with E-state index in [1.54, 1.807) is 0 Å². The number of nitrogens with one attached hydrogen (secondary N) is 1. The van der Waals surface area contributed by atoms with Gasteiger partial charge in [-0.25, -0.2) is 0 Å². The summed E-state index contributed by atoms with van der Waals surface area (Å²) in [4.78, 5) is 11.3. The second-order valence-corrected chi connectivity index (χ2v) is 4.25. The van der Waals surface area contributed by atoms with Crippen molar-refractivity contribution in [1.82, 2.24) is 5.32 Å². The molecule has 0 amide bonds. The Bertz CT molecular complexity index is 209. The van der Waals surface area contributed by atoms with Gasteiger partial charge in [-0.3, -0.25) is 10.1 Å². The van der Waals surface area contributed by atoms with Crippen LogP contribution in [0.3, 0.4) is 0 Å². The summed E-state index contributed by atoms with van der Waals surface area (Å²) in [6.07, 6.45) is 7.18. The summed E-state index contributed by atoms with van der Waals surface area (Å²) in [6, 6.07) is -0.0388. The van der Waals surface area contributed by atoms with Crippen molar-refractivity contribution in [2.45, 2.75) is 50.1 Å². The molecule has 2 aliphatic rings. The fourth-order valence-electron chi connectivity index (χ4n) is 2.70. The van der Waals surface area contributed by atoms with Crippen LogP contribution in [0.1, 0.15) is 38.5 Å². The number of hydrogen-bond donors (Lipinski definition) is 1. The Hall–Kier alpha value is -0.570. The van der Waals surface area contributed by atoms with Crippen LogP contribution < -0.4 is 5.32 Å². The van der Waals surface area contributed by atoms with Crippen LogP contribution in [0.5, 0.6) is 0 Å². The molecule has 1 saturated carbocycles. The van der Waals surface area contributed by atoms with Gasteiger partial charge in [-0.2, -0.15) is 0 Å². The maximum Gasteiger partial charge on any atom is 0.322 e. The zero-order valence-electron chi connectivity index (χ0n) is 8.14. The molecule has 0 aromatic rings. The van der Waals surface area contributed by atoms with Crippen LogP contribution in [0, 0.1) is 0 Å². The summed E-state index contributed by atoms with van der Waals surface area (Å²) in [5.41, 5.74) is 0.291. The lowest BCUT2D eigenvalue weighted by atomic mass is 9.96. The highest BCUT2D eigenvalue weighted by Gasteiger charge is 2.42. The molecule has 0 bridgehead atoms. The number of esters is 1. The first-order valence-electron chi connectivity index (χ1n) is 5.11. The van der Waals surface area contributed by atoms with Crippen LogP contribution in [-0.2, 0) is 9.53 Å². The van der Waals surface area contributed by atoms with Gasteiger partial charge in [-0.15, -0.1) is 0 Å². The summed E-state index contributed by atoms with van der Waals surface area (Å²) in [5, 5.41) is 3.44. The maximum atomic E-state index is 11.3. The van der Waals surface area contributed by atoms with Gasteiger partial charge < -0.3 is 4.74 Å². The zero-order chi connectivity index (χ0) is 9.31. The Morgan fingerprint density at radius 3 is 2.69 bits per heavy atom. The first-order valence-corrected chi connectivity index (χ1v) is 5.11. The van der Waals surface area contributed by atoms with Gasteiger partial charge in [0, 0.05) is 5.54 Å². The van der Waals surface area contributed by atoms with Gasteiger partial charge in [-0.1, -0.05) is 12.8 Å². The number of carbonyl (C=O) groups excluding carboxylic acids is 1. The molecule has 13 heavy (non-hydrogen) atoms. The number of carbonyl (C=O) groups is 1. The van der Waals surface area contributed by atoms with Crippen molar-refractivity contribution < 1.29 is 9.53 Å². The molecule has 0 aromatic carbocycles. The van der Waals surface area contributed by atoms with E-state index in [9.17, 15) is 4.79 Å². The van der Waals surface area contributed by atoms with Crippen LogP contribution in [0.15, 0.2) is 0 Å². The Balaban J connectivity index is 1.96. The molecule has 1 spiro atoms. The molecule has 1 aliphatic carbocycles. The molecule has 1 saturated heterocycles. The highest BCUT2D eigenvalue weighted by atomic mass is 16.5. The second-order valence-electron chi connectivity index (χ2n) is 4.25. The molecule has 0 aromatic heterocycles. The van der Waals surface area contributed by atoms with E-state index >= 15 is 0 Å². The fourth-order valence-corrected chi connectivity index (χ4v) is 2.70. The van der Waals surface area contributed by atoms with Crippen molar-refractivity contribution in [3.63, 3.8) is 0 Å². The van der Waals surface area contributed by atoms with E-state index in [0.717, 1.165) is 12.8 Å². The Labute approximate surface area is 78.8 Å². The van der Waals surface area contributed by atoms with Gasteiger partial charge in [0.1, 0.15) is 6.04 Å². The van der Waals surface area contributed by atoms with Gasteiger partial charge in [0.15, 0.2) is 0 Å². The van der Waals surface area contributed by atoms with Crippen molar-refractivity contribution in [3.05, 3.63) is 0 Å². The molecule has 2 rings (SSSR count). The van der Waals surface area contributed by atoms with Crippen LogP contribution in [0.4, 0.5) is 0 Å². The van der Waals surface area contributed by atoms with Crippen LogP contribution in [0.2, 0.25) is 0 Å². The Morgan fingerprint density at radius 1 is 1.38 bits per heavy atom. The highest BCUT2D eigenvalue weighted by Crippen LogP contribution is 2.38. The molecule has 3 nitrogen and oxygen atoms in total.